The fourth-order valence-electron chi connectivity index (χ4n) is 2.32. The van der Waals surface area contributed by atoms with E-state index < -0.39 is 0 Å². The van der Waals surface area contributed by atoms with Crippen LogP contribution < -0.4 is 5.32 Å². The Kier molecular flexibility index (Phi) is 4.84. The molecule has 0 heterocycles. The van der Waals surface area contributed by atoms with Gasteiger partial charge >= 0.3 is 0 Å². The van der Waals surface area contributed by atoms with Gasteiger partial charge in [-0.3, -0.25) is 4.79 Å². The van der Waals surface area contributed by atoms with Crippen molar-refractivity contribution in [1.82, 2.24) is 5.32 Å². The molecule has 0 fully saturated rings. The predicted molar refractivity (Wildman–Crippen MR) is 90.7 cm³/mol. The van der Waals surface area contributed by atoms with Gasteiger partial charge in [0.25, 0.3) is 5.91 Å². The molecule has 3 heteroatoms. The summed E-state index contributed by atoms with van der Waals surface area (Å²) >= 11 is 3.47. The molecular formula is C18H20BrNO. The molecule has 0 saturated carbocycles. The summed E-state index contributed by atoms with van der Waals surface area (Å²) in [4.78, 5) is 12.4. The first kappa shape index (κ1) is 15.8. The van der Waals surface area contributed by atoms with Gasteiger partial charge in [-0.1, -0.05) is 45.8 Å². The summed E-state index contributed by atoms with van der Waals surface area (Å²) < 4.78 is 0.953. The molecule has 21 heavy (non-hydrogen) atoms. The molecule has 1 amide bonds. The smallest absolute Gasteiger partial charge is 0.251 e. The van der Waals surface area contributed by atoms with Gasteiger partial charge in [-0.15, -0.1) is 0 Å². The summed E-state index contributed by atoms with van der Waals surface area (Å²) in [5.41, 5.74) is 5.35. The van der Waals surface area contributed by atoms with Crippen molar-refractivity contribution in [1.29, 1.82) is 0 Å². The lowest BCUT2D eigenvalue weighted by Crippen LogP contribution is -2.27. The minimum absolute atomic E-state index is 0.0162. The predicted octanol–water partition coefficient (Wildman–Crippen LogP) is 4.87. The Hall–Kier alpha value is -1.61. The molecule has 110 valence electrons. The zero-order valence-corrected chi connectivity index (χ0v) is 14.4. The number of carbonyl (C=O) groups is 1. The molecule has 0 radical (unpaired) electrons. The Labute approximate surface area is 134 Å². The van der Waals surface area contributed by atoms with E-state index >= 15 is 0 Å². The van der Waals surface area contributed by atoms with Crippen LogP contribution in [0.15, 0.2) is 40.9 Å². The third kappa shape index (κ3) is 3.73. The van der Waals surface area contributed by atoms with Crippen molar-refractivity contribution in [2.24, 2.45) is 0 Å². The third-order valence-corrected chi connectivity index (χ3v) is 4.54. The van der Waals surface area contributed by atoms with Crippen molar-refractivity contribution in [3.05, 3.63) is 68.7 Å². The molecule has 0 spiro atoms. The average molecular weight is 346 g/mol. The third-order valence-electron chi connectivity index (χ3n) is 3.68. The summed E-state index contributed by atoms with van der Waals surface area (Å²) in [6.45, 7) is 8.15. The molecule has 0 aliphatic heterocycles. The van der Waals surface area contributed by atoms with E-state index in [1.807, 2.05) is 32.0 Å². The second-order valence-electron chi connectivity index (χ2n) is 5.52. The molecular weight excluding hydrogens is 326 g/mol. The molecule has 2 aromatic rings. The highest BCUT2D eigenvalue weighted by Gasteiger charge is 2.14. The van der Waals surface area contributed by atoms with Crippen LogP contribution in [0.5, 0.6) is 0 Å². The highest BCUT2D eigenvalue weighted by molar-refractivity contribution is 9.10. The number of rotatable bonds is 3. The minimum Gasteiger partial charge on any atom is -0.346 e. The van der Waals surface area contributed by atoms with Gasteiger partial charge in [0.05, 0.1) is 6.04 Å². The lowest BCUT2D eigenvalue weighted by Gasteiger charge is -2.17. The monoisotopic (exact) mass is 345 g/mol. The molecule has 1 unspecified atom stereocenters. The molecule has 1 N–H and O–H groups in total. The topological polar surface area (TPSA) is 29.1 Å². The van der Waals surface area contributed by atoms with Crippen molar-refractivity contribution in [2.75, 3.05) is 0 Å². The highest BCUT2D eigenvalue weighted by Crippen LogP contribution is 2.21. The number of aryl methyl sites for hydroxylation is 3. The van der Waals surface area contributed by atoms with Crippen LogP contribution in [0.2, 0.25) is 0 Å². The van der Waals surface area contributed by atoms with Crippen molar-refractivity contribution >= 4 is 21.8 Å². The van der Waals surface area contributed by atoms with Crippen LogP contribution in [0.1, 0.15) is 45.6 Å². The summed E-state index contributed by atoms with van der Waals surface area (Å²) in [5.74, 6) is -0.0518. The minimum atomic E-state index is -0.0518. The normalized spacial score (nSPS) is 12.0. The quantitative estimate of drug-likeness (QED) is 0.844. The second-order valence-corrected chi connectivity index (χ2v) is 6.37. The number of amides is 1. The zero-order chi connectivity index (χ0) is 15.6. The summed E-state index contributed by atoms with van der Waals surface area (Å²) in [6.07, 6.45) is 0. The van der Waals surface area contributed by atoms with Gasteiger partial charge in [-0.2, -0.15) is 0 Å². The van der Waals surface area contributed by atoms with Crippen molar-refractivity contribution < 1.29 is 4.79 Å². The lowest BCUT2D eigenvalue weighted by atomic mass is 9.99. The first-order valence-electron chi connectivity index (χ1n) is 7.02. The van der Waals surface area contributed by atoms with E-state index in [4.69, 9.17) is 0 Å². The first-order valence-corrected chi connectivity index (χ1v) is 7.82. The fraction of sp³-hybridized carbons (Fsp3) is 0.278. The van der Waals surface area contributed by atoms with Gasteiger partial charge in [0, 0.05) is 10.0 Å². The number of carbonyl (C=O) groups excluding carboxylic acids is 1. The van der Waals surface area contributed by atoms with E-state index in [2.05, 4.69) is 53.3 Å². The van der Waals surface area contributed by atoms with E-state index in [9.17, 15) is 4.79 Å². The first-order chi connectivity index (χ1) is 9.88. The van der Waals surface area contributed by atoms with Gasteiger partial charge in [0.15, 0.2) is 0 Å². The molecule has 0 aromatic heterocycles. The molecule has 0 saturated heterocycles. The number of hydrogen-bond acceptors (Lipinski definition) is 1. The van der Waals surface area contributed by atoms with Gasteiger partial charge in [-0.25, -0.2) is 0 Å². The molecule has 2 nitrogen and oxygen atoms in total. The van der Waals surface area contributed by atoms with E-state index in [1.54, 1.807) is 0 Å². The summed E-state index contributed by atoms with van der Waals surface area (Å²) in [7, 11) is 0. The van der Waals surface area contributed by atoms with Crippen LogP contribution in [-0.4, -0.2) is 5.91 Å². The van der Waals surface area contributed by atoms with Crippen molar-refractivity contribution in [3.8, 4) is 0 Å². The van der Waals surface area contributed by atoms with Crippen LogP contribution in [0.25, 0.3) is 0 Å². The Bertz CT molecular complexity index is 679. The number of benzene rings is 2. The maximum atomic E-state index is 12.4. The Morgan fingerprint density at radius 2 is 1.71 bits per heavy atom. The second kappa shape index (κ2) is 6.44. The summed E-state index contributed by atoms with van der Waals surface area (Å²) in [6, 6.07) is 12.0. The number of halogens is 1. The molecule has 1 atom stereocenters. The van der Waals surface area contributed by atoms with E-state index in [0.29, 0.717) is 5.56 Å². The highest BCUT2D eigenvalue weighted by atomic mass is 79.9. The number of hydrogen-bond donors (Lipinski definition) is 1. The molecule has 0 aliphatic carbocycles. The van der Waals surface area contributed by atoms with Crippen LogP contribution >= 0.6 is 15.9 Å². The zero-order valence-electron chi connectivity index (χ0n) is 12.8. The summed E-state index contributed by atoms with van der Waals surface area (Å²) in [5, 5.41) is 3.07. The lowest BCUT2D eigenvalue weighted by molar-refractivity contribution is 0.0939. The van der Waals surface area contributed by atoms with Gasteiger partial charge in [-0.05, 0) is 56.5 Å². The van der Waals surface area contributed by atoms with E-state index in [1.165, 1.54) is 11.1 Å². The molecule has 2 rings (SSSR count). The largest absolute Gasteiger partial charge is 0.346 e. The van der Waals surface area contributed by atoms with Crippen LogP contribution in [0.3, 0.4) is 0 Å². The van der Waals surface area contributed by atoms with E-state index in [-0.39, 0.29) is 11.9 Å². The Balaban J connectivity index is 2.18. The molecule has 2 aromatic carbocycles. The van der Waals surface area contributed by atoms with Crippen LogP contribution in [0.4, 0.5) is 0 Å². The maximum Gasteiger partial charge on any atom is 0.251 e. The van der Waals surface area contributed by atoms with Crippen molar-refractivity contribution in [2.45, 2.75) is 33.7 Å². The van der Waals surface area contributed by atoms with Gasteiger partial charge < -0.3 is 5.32 Å². The van der Waals surface area contributed by atoms with Gasteiger partial charge in [0.2, 0.25) is 0 Å². The molecule has 0 aliphatic rings. The standard InChI is InChI=1S/C18H20BrNO/c1-11-5-6-12(2)16(9-11)14(4)20-18(21)15-8-7-13(3)17(19)10-15/h5-10,14H,1-4H3,(H,20,21). The molecule has 0 bridgehead atoms. The average Bonchev–Trinajstić information content (AvgIpc) is 2.44. The van der Waals surface area contributed by atoms with Crippen LogP contribution in [0, 0.1) is 20.8 Å². The van der Waals surface area contributed by atoms with Crippen LogP contribution in [-0.2, 0) is 0 Å². The van der Waals surface area contributed by atoms with Gasteiger partial charge in [0.1, 0.15) is 0 Å². The van der Waals surface area contributed by atoms with E-state index in [0.717, 1.165) is 15.6 Å². The Morgan fingerprint density at radius 3 is 2.38 bits per heavy atom. The fourth-order valence-corrected chi connectivity index (χ4v) is 2.70. The Morgan fingerprint density at radius 1 is 1.05 bits per heavy atom. The SMILES string of the molecule is Cc1ccc(C)c(C(C)NC(=O)c2ccc(C)c(Br)c2)c1. The van der Waals surface area contributed by atoms with Crippen molar-refractivity contribution in [3.63, 3.8) is 0 Å². The number of nitrogens with one attached hydrogen (secondary N) is 1. The maximum absolute atomic E-state index is 12.4.